The minimum Gasteiger partial charge on any atom is -0.490 e. The maximum absolute atomic E-state index is 13.9. The van der Waals surface area contributed by atoms with Crippen molar-refractivity contribution in [3.63, 3.8) is 0 Å². The number of alkyl halides is 3. The van der Waals surface area contributed by atoms with Gasteiger partial charge < -0.3 is 9.47 Å². The van der Waals surface area contributed by atoms with Crippen LogP contribution in [0.15, 0.2) is 55.1 Å². The van der Waals surface area contributed by atoms with E-state index in [9.17, 15) is 18.0 Å². The summed E-state index contributed by atoms with van der Waals surface area (Å²) < 4.78 is 53.4. The van der Waals surface area contributed by atoms with Crippen molar-refractivity contribution >= 4 is 27.4 Å². The number of thiophene rings is 1. The molecule has 0 saturated heterocycles. The van der Waals surface area contributed by atoms with Crippen molar-refractivity contribution in [2.24, 2.45) is 5.92 Å². The summed E-state index contributed by atoms with van der Waals surface area (Å²) in [6.07, 6.45) is -0.178. The molecular weight excluding hydrogens is 497 g/mol. The number of ether oxygens (including phenoxy) is 2. The van der Waals surface area contributed by atoms with Gasteiger partial charge in [-0.2, -0.15) is 13.2 Å². The van der Waals surface area contributed by atoms with Gasteiger partial charge in [0.25, 0.3) is 0 Å². The van der Waals surface area contributed by atoms with Crippen LogP contribution in [-0.2, 0) is 22.4 Å². The third kappa shape index (κ3) is 6.38. The number of carbonyl (C=O) groups is 1. The molecule has 2 aromatic carbocycles. The Bertz CT molecular complexity index is 1250. The summed E-state index contributed by atoms with van der Waals surface area (Å²) in [5.41, 5.74) is 3.86. The molecule has 1 fully saturated rings. The van der Waals surface area contributed by atoms with E-state index in [1.807, 2.05) is 12.1 Å². The monoisotopic (exact) mass is 530 g/mol. The van der Waals surface area contributed by atoms with Crippen LogP contribution in [0.4, 0.5) is 13.2 Å². The normalized spacial score (nSPS) is 19.8. The Morgan fingerprint density at radius 2 is 1.86 bits per heavy atom. The number of unbranched alkanes of at least 4 members (excludes halogenated alkanes) is 2. The zero-order chi connectivity index (χ0) is 26.6. The molecule has 1 aliphatic carbocycles. The number of rotatable bonds is 10. The van der Waals surface area contributed by atoms with Gasteiger partial charge in [-0.15, -0.1) is 11.3 Å². The van der Waals surface area contributed by atoms with E-state index in [-0.39, 0.29) is 12.8 Å². The molecule has 3 nitrogen and oxygen atoms in total. The van der Waals surface area contributed by atoms with Crippen LogP contribution >= 0.6 is 11.3 Å². The van der Waals surface area contributed by atoms with E-state index in [0.717, 1.165) is 33.9 Å². The van der Waals surface area contributed by atoms with Crippen LogP contribution in [0.2, 0.25) is 0 Å². The number of fused-ring (bicyclic) bond motifs is 1. The summed E-state index contributed by atoms with van der Waals surface area (Å²) in [6.45, 7) is 7.64. The Balaban J connectivity index is 1.55. The maximum Gasteiger partial charge on any atom is 0.398 e. The third-order valence-corrected chi connectivity index (χ3v) is 8.14. The Hall–Kier alpha value is -2.80. The highest BCUT2D eigenvalue weighted by Gasteiger charge is 2.55. The molecule has 7 heteroatoms. The molecule has 3 atom stereocenters. The van der Waals surface area contributed by atoms with E-state index in [1.54, 1.807) is 17.4 Å². The van der Waals surface area contributed by atoms with Gasteiger partial charge in [-0.1, -0.05) is 51.5 Å². The Morgan fingerprint density at radius 1 is 1.08 bits per heavy atom. The minimum absolute atomic E-state index is 0.0913. The molecule has 1 saturated carbocycles. The van der Waals surface area contributed by atoms with Crippen LogP contribution in [0.1, 0.15) is 57.1 Å². The van der Waals surface area contributed by atoms with E-state index < -0.39 is 30.3 Å². The first-order valence-corrected chi connectivity index (χ1v) is 13.8. The van der Waals surface area contributed by atoms with Crippen LogP contribution in [0.5, 0.6) is 5.75 Å². The molecule has 1 aromatic heterocycles. The van der Waals surface area contributed by atoms with Crippen molar-refractivity contribution in [3.8, 4) is 16.2 Å². The summed E-state index contributed by atoms with van der Waals surface area (Å²) in [6, 6.07) is 14.3. The molecule has 0 spiro atoms. The number of esters is 1. The average molecular weight is 531 g/mol. The Labute approximate surface area is 220 Å². The highest BCUT2D eigenvalue weighted by atomic mass is 32.1. The molecule has 4 rings (SSSR count). The van der Waals surface area contributed by atoms with Gasteiger partial charge in [0.15, 0.2) is 0 Å². The van der Waals surface area contributed by atoms with E-state index in [0.29, 0.717) is 5.75 Å². The summed E-state index contributed by atoms with van der Waals surface area (Å²) in [7, 11) is 0. The molecule has 0 amide bonds. The topological polar surface area (TPSA) is 35.5 Å². The van der Waals surface area contributed by atoms with E-state index in [1.165, 1.54) is 36.0 Å². The number of aryl methyl sites for hydroxylation is 2. The second-order valence-corrected chi connectivity index (χ2v) is 10.7. The van der Waals surface area contributed by atoms with Crippen molar-refractivity contribution in [3.05, 3.63) is 66.2 Å². The van der Waals surface area contributed by atoms with Crippen LogP contribution in [0, 0.1) is 5.92 Å². The van der Waals surface area contributed by atoms with Gasteiger partial charge >= 0.3 is 12.1 Å². The van der Waals surface area contributed by atoms with Gasteiger partial charge in [-0.05, 0) is 78.4 Å². The first-order valence-electron chi connectivity index (χ1n) is 13.0. The minimum atomic E-state index is -4.55. The quantitative estimate of drug-likeness (QED) is 0.149. The molecular formula is C30H33F3O3S. The largest absolute Gasteiger partial charge is 0.490 e. The molecule has 0 N–H and O–H groups in total. The number of carbonyl (C=O) groups excluding carboxylic acids is 1. The fourth-order valence-corrected chi connectivity index (χ4v) is 6.27. The van der Waals surface area contributed by atoms with Crippen LogP contribution < -0.4 is 4.74 Å². The fraction of sp³-hybridized carbons (Fsp3) is 0.433. The van der Waals surface area contributed by atoms with Crippen molar-refractivity contribution in [1.29, 1.82) is 0 Å². The lowest BCUT2D eigenvalue weighted by atomic mass is 9.98. The molecule has 3 aromatic rings. The smallest absolute Gasteiger partial charge is 0.398 e. The number of hydrogen-bond acceptors (Lipinski definition) is 4. The number of benzene rings is 2. The second-order valence-electron chi connectivity index (χ2n) is 9.59. The van der Waals surface area contributed by atoms with Crippen molar-refractivity contribution in [1.82, 2.24) is 0 Å². The second kappa shape index (κ2) is 11.7. The first kappa shape index (κ1) is 27.2. The Morgan fingerprint density at radius 3 is 2.57 bits per heavy atom. The zero-order valence-corrected chi connectivity index (χ0v) is 22.1. The molecule has 1 heterocycles. The average Bonchev–Trinajstić information content (AvgIpc) is 3.47. The van der Waals surface area contributed by atoms with Gasteiger partial charge in [0.1, 0.15) is 23.9 Å². The summed E-state index contributed by atoms with van der Waals surface area (Å²) >= 11 is 1.61. The molecule has 0 aliphatic heterocycles. The maximum atomic E-state index is 13.9. The van der Waals surface area contributed by atoms with Crippen molar-refractivity contribution in [2.75, 3.05) is 0 Å². The zero-order valence-electron chi connectivity index (χ0n) is 21.3. The molecule has 0 bridgehead atoms. The predicted octanol–water partition coefficient (Wildman–Crippen LogP) is 8.68. The van der Waals surface area contributed by atoms with Gasteiger partial charge in [-0.3, -0.25) is 0 Å². The number of halogens is 3. The van der Waals surface area contributed by atoms with Gasteiger partial charge in [0.2, 0.25) is 0 Å². The van der Waals surface area contributed by atoms with Crippen molar-refractivity contribution in [2.45, 2.75) is 77.2 Å². The van der Waals surface area contributed by atoms with Crippen molar-refractivity contribution < 1.29 is 27.4 Å². The molecule has 198 valence electrons. The number of hydrogen-bond donors (Lipinski definition) is 0. The van der Waals surface area contributed by atoms with Crippen LogP contribution in [-0.4, -0.2) is 24.4 Å². The SMILES string of the molecule is C=CC(=O)OC1CCC(Oc2ccc3cc(-c4ccc(CCCCC)cc4CC)sc3c2)C1C(F)(F)F. The summed E-state index contributed by atoms with van der Waals surface area (Å²) in [5, 5.41) is 1.03. The molecule has 3 unspecified atom stereocenters. The standard InChI is InChI=1S/C30H33F3O3S/c1-4-7-8-9-19-10-13-23(20(5-2)16-19)27-17-21-11-12-22(18-26(21)37-27)35-24-14-15-25(36-28(34)6-3)29(24)30(31,32)33/h6,10-13,16-18,24-25,29H,3-5,7-9,14-15H2,1-2H3. The lowest BCUT2D eigenvalue weighted by Gasteiger charge is -2.27. The van der Waals surface area contributed by atoms with E-state index in [2.05, 4.69) is 44.7 Å². The lowest BCUT2D eigenvalue weighted by molar-refractivity contribution is -0.214. The van der Waals surface area contributed by atoms with Gasteiger partial charge in [-0.25, -0.2) is 4.79 Å². The van der Waals surface area contributed by atoms with Crippen LogP contribution in [0.25, 0.3) is 20.5 Å². The molecule has 1 aliphatic rings. The van der Waals surface area contributed by atoms with Crippen LogP contribution in [0.3, 0.4) is 0 Å². The van der Waals surface area contributed by atoms with Gasteiger partial charge in [0, 0.05) is 15.7 Å². The van der Waals surface area contributed by atoms with E-state index >= 15 is 0 Å². The third-order valence-electron chi connectivity index (χ3n) is 7.01. The van der Waals surface area contributed by atoms with E-state index in [4.69, 9.17) is 9.47 Å². The molecule has 37 heavy (non-hydrogen) atoms. The lowest BCUT2D eigenvalue weighted by Crippen LogP contribution is -2.41. The first-order chi connectivity index (χ1) is 17.7. The summed E-state index contributed by atoms with van der Waals surface area (Å²) in [5.74, 6) is -2.35. The van der Waals surface area contributed by atoms with Gasteiger partial charge in [0.05, 0.1) is 0 Å². The molecule has 0 radical (unpaired) electrons. The highest BCUT2D eigenvalue weighted by Crippen LogP contribution is 2.44. The summed E-state index contributed by atoms with van der Waals surface area (Å²) in [4.78, 5) is 12.7. The fourth-order valence-electron chi connectivity index (χ4n) is 5.12. The Kier molecular flexibility index (Phi) is 8.63. The highest BCUT2D eigenvalue weighted by molar-refractivity contribution is 7.22. The predicted molar refractivity (Wildman–Crippen MR) is 143 cm³/mol.